The summed E-state index contributed by atoms with van der Waals surface area (Å²) in [5.74, 6) is 0. The predicted octanol–water partition coefficient (Wildman–Crippen LogP) is 10.1. The molecule has 1 saturated heterocycles. The molecule has 8 heteroatoms. The summed E-state index contributed by atoms with van der Waals surface area (Å²) >= 11 is 0. The molecule has 0 aromatic carbocycles. The van der Waals surface area contributed by atoms with Gasteiger partial charge in [-0.3, -0.25) is 0 Å². The number of hydrogen-bond acceptors (Lipinski definition) is 5. The first-order valence-electron chi connectivity index (χ1n) is 17.0. The SMILES string of the molecule is CC(C)[Si](O[C@H]1[C@H](O[Si](C(C)C)(C(C)C)C(C)C)[C@@H](CO)OC[C@@H]1O[Si](C(C)C)(C(C)C)C(C)C)(C(C)C)C(C)C. The van der Waals surface area contributed by atoms with Gasteiger partial charge in [-0.05, 0) is 49.9 Å². The van der Waals surface area contributed by atoms with Crippen molar-refractivity contribution in [3.63, 3.8) is 0 Å². The molecule has 0 amide bonds. The second-order valence-electron chi connectivity index (χ2n) is 15.8. The molecule has 0 aromatic heterocycles. The van der Waals surface area contributed by atoms with E-state index in [-0.39, 0.29) is 24.9 Å². The van der Waals surface area contributed by atoms with E-state index in [0.29, 0.717) is 56.5 Å². The lowest BCUT2D eigenvalue weighted by Crippen LogP contribution is -2.67. The average Bonchev–Trinajstić information content (AvgIpc) is 2.82. The van der Waals surface area contributed by atoms with Gasteiger partial charge < -0.3 is 23.1 Å². The van der Waals surface area contributed by atoms with Crippen LogP contribution in [0.5, 0.6) is 0 Å². The first kappa shape index (κ1) is 39.5. The van der Waals surface area contributed by atoms with Gasteiger partial charge >= 0.3 is 0 Å². The molecule has 246 valence electrons. The zero-order chi connectivity index (χ0) is 32.2. The zero-order valence-electron chi connectivity index (χ0n) is 30.5. The quantitative estimate of drug-likeness (QED) is 0.172. The van der Waals surface area contributed by atoms with Crippen molar-refractivity contribution in [3.8, 4) is 0 Å². The van der Waals surface area contributed by atoms with Gasteiger partial charge in [0.15, 0.2) is 0 Å². The minimum Gasteiger partial charge on any atom is -0.408 e. The van der Waals surface area contributed by atoms with Gasteiger partial charge in [0, 0.05) is 0 Å². The van der Waals surface area contributed by atoms with Crippen LogP contribution >= 0.6 is 0 Å². The molecule has 0 saturated carbocycles. The highest BCUT2D eigenvalue weighted by molar-refractivity contribution is 6.79. The molecule has 1 heterocycles. The number of aliphatic hydroxyl groups is 1. The van der Waals surface area contributed by atoms with Gasteiger partial charge in [0.25, 0.3) is 0 Å². The molecule has 0 aromatic rings. The lowest BCUT2D eigenvalue weighted by molar-refractivity contribution is -0.183. The van der Waals surface area contributed by atoms with Crippen LogP contribution in [0.2, 0.25) is 49.9 Å². The Labute approximate surface area is 259 Å². The molecule has 1 rings (SSSR count). The van der Waals surface area contributed by atoms with E-state index < -0.39 is 31.1 Å². The van der Waals surface area contributed by atoms with Crippen molar-refractivity contribution in [1.29, 1.82) is 0 Å². The van der Waals surface area contributed by atoms with Crippen molar-refractivity contribution in [2.45, 2.75) is 199 Å². The van der Waals surface area contributed by atoms with Gasteiger partial charge in [-0.1, -0.05) is 125 Å². The summed E-state index contributed by atoms with van der Waals surface area (Å²) in [6, 6.07) is 0. The van der Waals surface area contributed by atoms with Gasteiger partial charge in [0.2, 0.25) is 25.0 Å². The van der Waals surface area contributed by atoms with Crippen LogP contribution < -0.4 is 0 Å². The Bertz CT molecular complexity index is 701. The molecule has 0 aliphatic carbocycles. The van der Waals surface area contributed by atoms with Crippen molar-refractivity contribution in [2.24, 2.45) is 0 Å². The van der Waals surface area contributed by atoms with Gasteiger partial charge in [-0.2, -0.15) is 0 Å². The second kappa shape index (κ2) is 15.6. The van der Waals surface area contributed by atoms with Crippen LogP contribution in [-0.2, 0) is 18.0 Å². The summed E-state index contributed by atoms with van der Waals surface area (Å²) in [5, 5.41) is 10.7. The van der Waals surface area contributed by atoms with Crippen LogP contribution in [-0.4, -0.2) is 67.7 Å². The Morgan fingerprint density at radius 2 is 0.756 bits per heavy atom. The minimum absolute atomic E-state index is 0.0727. The molecule has 0 bridgehead atoms. The van der Waals surface area contributed by atoms with Crippen molar-refractivity contribution >= 4 is 25.0 Å². The van der Waals surface area contributed by atoms with Gasteiger partial charge in [0.05, 0.1) is 25.4 Å². The maximum absolute atomic E-state index is 10.7. The largest absolute Gasteiger partial charge is 0.408 e. The Balaban J connectivity index is 4.00. The maximum Gasteiger partial charge on any atom is 0.201 e. The Kier molecular flexibility index (Phi) is 15.1. The highest BCUT2D eigenvalue weighted by Gasteiger charge is 2.57. The normalized spacial score (nSPS) is 23.7. The smallest absolute Gasteiger partial charge is 0.201 e. The van der Waals surface area contributed by atoms with E-state index in [1.54, 1.807) is 0 Å². The monoisotopic (exact) mass is 632 g/mol. The summed E-state index contributed by atoms with van der Waals surface area (Å²) in [5.41, 5.74) is 3.92. The van der Waals surface area contributed by atoms with Crippen LogP contribution in [0.15, 0.2) is 0 Å². The van der Waals surface area contributed by atoms with Crippen LogP contribution in [0.1, 0.15) is 125 Å². The molecule has 1 N–H and O–H groups in total. The lowest BCUT2D eigenvalue weighted by atomic mass is 10.0. The van der Waals surface area contributed by atoms with E-state index >= 15 is 0 Å². The third-order valence-electron chi connectivity index (χ3n) is 10.9. The van der Waals surface area contributed by atoms with Gasteiger partial charge in [-0.15, -0.1) is 0 Å². The summed E-state index contributed by atoms with van der Waals surface area (Å²) in [7, 11) is -6.90. The van der Waals surface area contributed by atoms with E-state index in [4.69, 9.17) is 18.0 Å². The van der Waals surface area contributed by atoms with Crippen molar-refractivity contribution in [1.82, 2.24) is 0 Å². The lowest BCUT2D eigenvalue weighted by Gasteiger charge is -2.55. The number of aliphatic hydroxyl groups excluding tert-OH is 1. The molecule has 0 unspecified atom stereocenters. The Morgan fingerprint density at radius 1 is 0.488 bits per heavy atom. The first-order valence-corrected chi connectivity index (χ1v) is 23.4. The molecule has 4 atom stereocenters. The van der Waals surface area contributed by atoms with E-state index in [0.717, 1.165) is 0 Å². The summed E-state index contributed by atoms with van der Waals surface area (Å²) in [4.78, 5) is 0. The highest BCUT2D eigenvalue weighted by Crippen LogP contribution is 2.50. The Hall–Kier alpha value is 0.451. The fourth-order valence-corrected chi connectivity index (χ4v) is 26.0. The number of hydrogen-bond donors (Lipinski definition) is 1. The van der Waals surface area contributed by atoms with Crippen molar-refractivity contribution in [2.75, 3.05) is 13.2 Å². The fourth-order valence-electron chi connectivity index (χ4n) is 9.33. The number of ether oxygens (including phenoxy) is 1. The molecule has 1 aliphatic rings. The first-order chi connectivity index (χ1) is 18.7. The molecule has 41 heavy (non-hydrogen) atoms. The second-order valence-corrected chi connectivity index (χ2v) is 32.0. The summed E-state index contributed by atoms with van der Waals surface area (Å²) in [6.07, 6.45) is -1.28. The third kappa shape index (κ3) is 7.64. The molecule has 5 nitrogen and oxygen atoms in total. The highest BCUT2D eigenvalue weighted by atomic mass is 28.4. The topological polar surface area (TPSA) is 57.2 Å². The van der Waals surface area contributed by atoms with Crippen molar-refractivity contribution < 1.29 is 23.1 Å². The van der Waals surface area contributed by atoms with Crippen LogP contribution in [0.3, 0.4) is 0 Å². The van der Waals surface area contributed by atoms with Gasteiger partial charge in [-0.25, -0.2) is 0 Å². The van der Waals surface area contributed by atoms with Crippen LogP contribution in [0.25, 0.3) is 0 Å². The minimum atomic E-state index is -2.33. The Morgan fingerprint density at radius 3 is 1.02 bits per heavy atom. The number of rotatable bonds is 16. The van der Waals surface area contributed by atoms with E-state index in [2.05, 4.69) is 125 Å². The molecule has 1 fully saturated rings. The van der Waals surface area contributed by atoms with E-state index in [9.17, 15) is 5.11 Å². The third-order valence-corrected chi connectivity index (χ3v) is 29.2. The average molecular weight is 633 g/mol. The summed E-state index contributed by atoms with van der Waals surface area (Å²) in [6.45, 7) is 42.6. The van der Waals surface area contributed by atoms with E-state index in [1.165, 1.54) is 0 Å². The van der Waals surface area contributed by atoms with E-state index in [1.807, 2.05) is 0 Å². The van der Waals surface area contributed by atoms with Crippen LogP contribution in [0.4, 0.5) is 0 Å². The maximum atomic E-state index is 10.7. The zero-order valence-corrected chi connectivity index (χ0v) is 33.5. The van der Waals surface area contributed by atoms with Crippen molar-refractivity contribution in [3.05, 3.63) is 0 Å². The fraction of sp³-hybridized carbons (Fsp3) is 1.00. The molecule has 1 aliphatic heterocycles. The van der Waals surface area contributed by atoms with Crippen LogP contribution in [0, 0.1) is 0 Å². The molecule has 0 radical (unpaired) electrons. The molecular formula is C33H72O5Si3. The summed E-state index contributed by atoms with van der Waals surface area (Å²) < 4.78 is 29.4. The standard InChI is InChI=1S/C33H72O5Si3/c1-21(2)39(22(3)4,23(5)6)36-31-20-35-30(19-34)32(37-40(24(7)8,25(9)10)26(11)12)33(31)38-41(27(13)14,28(15)16)29(17)18/h21-34H,19-20H2,1-18H3/t30-,31+,32-,33-/m1/s1. The van der Waals surface area contributed by atoms with Gasteiger partial charge in [0.1, 0.15) is 12.2 Å². The molecular weight excluding hydrogens is 561 g/mol. The molecule has 0 spiro atoms. The predicted molar refractivity (Wildman–Crippen MR) is 185 cm³/mol.